The average molecular weight is 383 g/mol. The van der Waals surface area contributed by atoms with Gasteiger partial charge in [0.05, 0.1) is 6.04 Å². The molecule has 2 aliphatic rings. The summed E-state index contributed by atoms with van der Waals surface area (Å²) in [6, 6.07) is 8.59. The first-order valence-corrected chi connectivity index (χ1v) is 10.3. The molecule has 0 saturated carbocycles. The van der Waals surface area contributed by atoms with Gasteiger partial charge in [-0.05, 0) is 36.5 Å². The smallest absolute Gasteiger partial charge is 0.240 e. The number of fused-ring (bicyclic) bond motifs is 2. The van der Waals surface area contributed by atoms with Gasteiger partial charge in [0.2, 0.25) is 11.8 Å². The molecule has 1 aromatic heterocycles. The number of hydrogen-bond acceptors (Lipinski definition) is 3. The lowest BCUT2D eigenvalue weighted by Crippen LogP contribution is -2.59. The fourth-order valence-corrected chi connectivity index (χ4v) is 4.88. The molecule has 1 aromatic carbocycles. The second kappa shape index (κ2) is 7.59. The monoisotopic (exact) mass is 382 g/mol. The Morgan fingerprint density at radius 3 is 2.86 bits per heavy atom. The minimum absolute atomic E-state index is 0.0213. The summed E-state index contributed by atoms with van der Waals surface area (Å²) in [5.74, 6) is 0.649. The molecule has 3 unspecified atom stereocenters. The Labute approximate surface area is 166 Å². The largest absolute Gasteiger partial charge is 0.361 e. The number of carbonyl (C=O) groups is 2. The Hall–Kier alpha value is -2.34. The van der Waals surface area contributed by atoms with E-state index in [2.05, 4.69) is 53.3 Å². The third-order valence-corrected chi connectivity index (χ3v) is 6.03. The molecule has 2 fully saturated rings. The van der Waals surface area contributed by atoms with Gasteiger partial charge in [0, 0.05) is 55.7 Å². The summed E-state index contributed by atoms with van der Waals surface area (Å²) in [7, 11) is 0. The van der Waals surface area contributed by atoms with E-state index in [1.54, 1.807) is 6.92 Å². The van der Waals surface area contributed by atoms with Crippen molar-refractivity contribution in [2.75, 3.05) is 13.1 Å². The topological polar surface area (TPSA) is 68.4 Å². The van der Waals surface area contributed by atoms with Gasteiger partial charge in [0.25, 0.3) is 0 Å². The molecule has 28 heavy (non-hydrogen) atoms. The first kappa shape index (κ1) is 19.0. The highest BCUT2D eigenvalue weighted by molar-refractivity contribution is 5.85. The van der Waals surface area contributed by atoms with Crippen LogP contribution in [-0.2, 0) is 16.1 Å². The lowest BCUT2D eigenvalue weighted by Gasteiger charge is -2.43. The van der Waals surface area contributed by atoms with Gasteiger partial charge >= 0.3 is 0 Å². The van der Waals surface area contributed by atoms with Crippen molar-refractivity contribution in [1.29, 1.82) is 0 Å². The van der Waals surface area contributed by atoms with Crippen molar-refractivity contribution in [1.82, 2.24) is 20.1 Å². The maximum Gasteiger partial charge on any atom is 0.240 e. The lowest BCUT2D eigenvalue weighted by atomic mass is 9.96. The molecule has 6 heteroatoms. The molecule has 2 N–H and O–H groups in total. The van der Waals surface area contributed by atoms with E-state index in [9.17, 15) is 9.59 Å². The Morgan fingerprint density at radius 1 is 1.29 bits per heavy atom. The molecule has 2 aliphatic heterocycles. The first-order valence-electron chi connectivity index (χ1n) is 10.3. The van der Waals surface area contributed by atoms with Crippen LogP contribution in [0.15, 0.2) is 30.5 Å². The molecule has 6 nitrogen and oxygen atoms in total. The number of aromatic amines is 1. The van der Waals surface area contributed by atoms with E-state index >= 15 is 0 Å². The molecule has 0 aliphatic carbocycles. The van der Waals surface area contributed by atoms with Crippen LogP contribution in [0.25, 0.3) is 10.9 Å². The standard InChI is InChI=1S/C22H30N4O2/c1-14(2)9-21-22(28)26-12-17(24-15(3)27)10-18(26)13-25(21)11-16-5-4-6-20-19(16)7-8-23-20/h4-8,14,17-18,21,23H,9-13H2,1-3H3,(H,24,27). The van der Waals surface area contributed by atoms with Gasteiger partial charge in [0.1, 0.15) is 0 Å². The third-order valence-electron chi connectivity index (χ3n) is 6.03. The summed E-state index contributed by atoms with van der Waals surface area (Å²) in [5.41, 5.74) is 2.39. The normalized spacial score (nSPS) is 25.5. The minimum atomic E-state index is -0.0958. The van der Waals surface area contributed by atoms with Crippen molar-refractivity contribution in [3.63, 3.8) is 0 Å². The molecular formula is C22H30N4O2. The molecule has 0 bridgehead atoms. The van der Waals surface area contributed by atoms with E-state index in [-0.39, 0.29) is 29.9 Å². The number of nitrogens with one attached hydrogen (secondary N) is 2. The quantitative estimate of drug-likeness (QED) is 0.835. The fraction of sp³-hybridized carbons (Fsp3) is 0.545. The van der Waals surface area contributed by atoms with Gasteiger partial charge < -0.3 is 15.2 Å². The van der Waals surface area contributed by atoms with Gasteiger partial charge in [-0.15, -0.1) is 0 Å². The molecule has 2 amide bonds. The Kier molecular flexibility index (Phi) is 5.15. The number of hydrogen-bond donors (Lipinski definition) is 2. The van der Waals surface area contributed by atoms with E-state index < -0.39 is 0 Å². The van der Waals surface area contributed by atoms with Crippen molar-refractivity contribution in [2.24, 2.45) is 5.92 Å². The number of H-pyrrole nitrogens is 1. The third kappa shape index (κ3) is 3.65. The molecule has 0 spiro atoms. The van der Waals surface area contributed by atoms with Crippen LogP contribution in [0.2, 0.25) is 0 Å². The van der Waals surface area contributed by atoms with E-state index in [1.807, 2.05) is 11.1 Å². The molecule has 4 rings (SSSR count). The van der Waals surface area contributed by atoms with Gasteiger partial charge in [0.15, 0.2) is 0 Å². The van der Waals surface area contributed by atoms with E-state index in [0.717, 1.165) is 31.4 Å². The number of carbonyl (C=O) groups excluding carboxylic acids is 2. The summed E-state index contributed by atoms with van der Waals surface area (Å²) in [4.78, 5) is 32.5. The predicted octanol–water partition coefficient (Wildman–Crippen LogP) is 2.50. The van der Waals surface area contributed by atoms with Crippen LogP contribution in [0.4, 0.5) is 0 Å². The molecule has 150 valence electrons. The number of rotatable bonds is 5. The summed E-state index contributed by atoms with van der Waals surface area (Å²) >= 11 is 0. The second-order valence-corrected chi connectivity index (χ2v) is 8.71. The Balaban J connectivity index is 1.58. The van der Waals surface area contributed by atoms with Gasteiger partial charge in [-0.3, -0.25) is 14.5 Å². The molecular weight excluding hydrogens is 352 g/mol. The van der Waals surface area contributed by atoms with Crippen molar-refractivity contribution in [3.8, 4) is 0 Å². The average Bonchev–Trinajstić information content (AvgIpc) is 3.24. The molecule has 0 radical (unpaired) electrons. The van der Waals surface area contributed by atoms with Gasteiger partial charge in [-0.1, -0.05) is 26.0 Å². The lowest BCUT2D eigenvalue weighted by molar-refractivity contribution is -0.145. The van der Waals surface area contributed by atoms with Crippen LogP contribution in [0, 0.1) is 5.92 Å². The van der Waals surface area contributed by atoms with Gasteiger partial charge in [-0.2, -0.15) is 0 Å². The van der Waals surface area contributed by atoms with Crippen LogP contribution in [0.1, 0.15) is 39.2 Å². The van der Waals surface area contributed by atoms with Crippen LogP contribution in [-0.4, -0.2) is 57.8 Å². The highest BCUT2D eigenvalue weighted by atomic mass is 16.2. The SMILES string of the molecule is CC(=O)NC1CC2CN(Cc3cccc4[nH]ccc34)C(CC(C)C)C(=O)N2C1. The van der Waals surface area contributed by atoms with Crippen LogP contribution in [0.5, 0.6) is 0 Å². The van der Waals surface area contributed by atoms with Crippen molar-refractivity contribution in [2.45, 2.75) is 58.3 Å². The van der Waals surface area contributed by atoms with E-state index in [0.29, 0.717) is 12.5 Å². The Morgan fingerprint density at radius 2 is 2.11 bits per heavy atom. The van der Waals surface area contributed by atoms with Gasteiger partial charge in [-0.25, -0.2) is 0 Å². The summed E-state index contributed by atoms with van der Waals surface area (Å²) < 4.78 is 0. The fourth-order valence-electron chi connectivity index (χ4n) is 4.88. The predicted molar refractivity (Wildman–Crippen MR) is 110 cm³/mol. The highest BCUT2D eigenvalue weighted by Gasteiger charge is 2.45. The number of benzene rings is 1. The number of amides is 2. The van der Waals surface area contributed by atoms with E-state index in [1.165, 1.54) is 10.9 Å². The van der Waals surface area contributed by atoms with Crippen LogP contribution < -0.4 is 5.32 Å². The zero-order valence-electron chi connectivity index (χ0n) is 16.9. The van der Waals surface area contributed by atoms with Crippen molar-refractivity contribution >= 4 is 22.7 Å². The molecule has 3 heterocycles. The maximum atomic E-state index is 13.4. The summed E-state index contributed by atoms with van der Waals surface area (Å²) in [5, 5.41) is 4.23. The summed E-state index contributed by atoms with van der Waals surface area (Å²) in [6.07, 6.45) is 3.67. The number of aromatic nitrogens is 1. The first-order chi connectivity index (χ1) is 13.4. The molecule has 2 aromatic rings. The van der Waals surface area contributed by atoms with Crippen LogP contribution >= 0.6 is 0 Å². The second-order valence-electron chi connectivity index (χ2n) is 8.71. The Bertz CT molecular complexity index is 874. The number of piperazine rings is 1. The minimum Gasteiger partial charge on any atom is -0.361 e. The van der Waals surface area contributed by atoms with Crippen LogP contribution in [0.3, 0.4) is 0 Å². The number of nitrogens with zero attached hydrogens (tertiary/aromatic N) is 2. The van der Waals surface area contributed by atoms with E-state index in [4.69, 9.17) is 0 Å². The maximum absolute atomic E-state index is 13.4. The zero-order chi connectivity index (χ0) is 19.8. The van der Waals surface area contributed by atoms with Crippen molar-refractivity contribution in [3.05, 3.63) is 36.0 Å². The molecule has 3 atom stereocenters. The summed E-state index contributed by atoms with van der Waals surface area (Å²) in [6.45, 7) is 8.17. The van der Waals surface area contributed by atoms with Crippen molar-refractivity contribution < 1.29 is 9.59 Å². The zero-order valence-corrected chi connectivity index (χ0v) is 16.9. The highest BCUT2D eigenvalue weighted by Crippen LogP contribution is 2.31. The molecule has 2 saturated heterocycles.